The Morgan fingerprint density at radius 3 is 2.87 bits per heavy atom. The van der Waals surface area contributed by atoms with E-state index in [9.17, 15) is 4.79 Å². The lowest BCUT2D eigenvalue weighted by Crippen LogP contribution is -2.37. The number of benzene rings is 1. The summed E-state index contributed by atoms with van der Waals surface area (Å²) in [7, 11) is 0. The van der Waals surface area contributed by atoms with Gasteiger partial charge in [-0.3, -0.25) is 0 Å². The lowest BCUT2D eigenvalue weighted by atomic mass is 10.3. The van der Waals surface area contributed by atoms with Crippen LogP contribution in [0.3, 0.4) is 0 Å². The van der Waals surface area contributed by atoms with Crippen LogP contribution in [0.15, 0.2) is 36.1 Å². The molecule has 1 aliphatic heterocycles. The van der Waals surface area contributed by atoms with Crippen molar-refractivity contribution in [3.05, 3.63) is 36.1 Å². The number of para-hydroxylation sites is 1. The molecular weight excluding hydrogens is 194 g/mol. The van der Waals surface area contributed by atoms with E-state index in [1.165, 1.54) is 0 Å². The van der Waals surface area contributed by atoms with Crippen LogP contribution in [0, 0.1) is 0 Å². The molecular formula is C11H11NO3. The van der Waals surface area contributed by atoms with E-state index in [1.54, 1.807) is 11.0 Å². The average molecular weight is 205 g/mol. The third-order valence-electron chi connectivity index (χ3n) is 2.03. The van der Waals surface area contributed by atoms with E-state index in [0.717, 1.165) is 5.75 Å². The minimum atomic E-state index is 0.289. The van der Waals surface area contributed by atoms with Crippen LogP contribution < -0.4 is 4.84 Å². The third kappa shape index (κ3) is 2.59. The molecule has 1 aromatic carbocycles. The largest absolute Gasteiger partial charge is 0.484 e. The second-order valence-electron chi connectivity index (χ2n) is 3.14. The van der Waals surface area contributed by atoms with Gasteiger partial charge in [0.2, 0.25) is 0 Å². The van der Waals surface area contributed by atoms with Crippen molar-refractivity contribution in [2.75, 3.05) is 19.7 Å². The molecule has 0 amide bonds. The first-order chi connectivity index (χ1) is 7.38. The standard InChI is InChI=1S/C11H11NO3/c13-9-11-8-12(6-7-14-11)15-10-4-2-1-3-5-10/h1-5H,6-8H2. The zero-order valence-electron chi connectivity index (χ0n) is 8.18. The summed E-state index contributed by atoms with van der Waals surface area (Å²) >= 11 is 0. The summed E-state index contributed by atoms with van der Waals surface area (Å²) in [5.41, 5.74) is 0. The Hall–Kier alpha value is -1.77. The van der Waals surface area contributed by atoms with Gasteiger partial charge in [0.1, 0.15) is 18.9 Å². The molecule has 0 aromatic heterocycles. The maximum Gasteiger partial charge on any atom is 0.197 e. The van der Waals surface area contributed by atoms with E-state index < -0.39 is 0 Å². The molecule has 1 fully saturated rings. The zero-order valence-corrected chi connectivity index (χ0v) is 8.18. The number of nitrogens with zero attached hydrogens (tertiary/aromatic N) is 1. The van der Waals surface area contributed by atoms with Crippen molar-refractivity contribution in [1.29, 1.82) is 0 Å². The van der Waals surface area contributed by atoms with Crippen LogP contribution in [0.1, 0.15) is 0 Å². The highest BCUT2D eigenvalue weighted by atomic mass is 16.7. The fourth-order valence-corrected chi connectivity index (χ4v) is 1.33. The first-order valence-electron chi connectivity index (χ1n) is 4.73. The monoisotopic (exact) mass is 205 g/mol. The van der Waals surface area contributed by atoms with Gasteiger partial charge in [-0.1, -0.05) is 18.2 Å². The molecule has 0 radical (unpaired) electrons. The van der Waals surface area contributed by atoms with E-state index >= 15 is 0 Å². The highest BCUT2D eigenvalue weighted by Gasteiger charge is 2.17. The van der Waals surface area contributed by atoms with Gasteiger partial charge in [0.05, 0.1) is 6.54 Å². The molecule has 1 heterocycles. The Morgan fingerprint density at radius 1 is 1.33 bits per heavy atom. The number of hydrogen-bond donors (Lipinski definition) is 0. The maximum absolute atomic E-state index is 10.4. The molecule has 0 aliphatic carbocycles. The van der Waals surface area contributed by atoms with E-state index in [4.69, 9.17) is 9.57 Å². The highest BCUT2D eigenvalue weighted by Crippen LogP contribution is 2.13. The first-order valence-corrected chi connectivity index (χ1v) is 4.73. The molecule has 0 bridgehead atoms. The highest BCUT2D eigenvalue weighted by molar-refractivity contribution is 5.50. The van der Waals surface area contributed by atoms with Gasteiger partial charge in [0.25, 0.3) is 0 Å². The van der Waals surface area contributed by atoms with E-state index in [1.807, 2.05) is 30.3 Å². The van der Waals surface area contributed by atoms with Crippen LogP contribution in [0.2, 0.25) is 0 Å². The summed E-state index contributed by atoms with van der Waals surface area (Å²) in [5, 5.41) is 1.68. The second-order valence-corrected chi connectivity index (χ2v) is 3.14. The van der Waals surface area contributed by atoms with Gasteiger partial charge < -0.3 is 9.57 Å². The first kappa shape index (κ1) is 9.77. The molecule has 0 saturated carbocycles. The summed E-state index contributed by atoms with van der Waals surface area (Å²) in [6.07, 6.45) is 0. The summed E-state index contributed by atoms with van der Waals surface area (Å²) < 4.78 is 5.07. The van der Waals surface area contributed by atoms with Gasteiger partial charge >= 0.3 is 0 Å². The van der Waals surface area contributed by atoms with Crippen LogP contribution in [-0.2, 0) is 9.53 Å². The summed E-state index contributed by atoms with van der Waals surface area (Å²) in [4.78, 5) is 15.9. The minimum absolute atomic E-state index is 0.289. The predicted molar refractivity (Wildman–Crippen MR) is 53.8 cm³/mol. The van der Waals surface area contributed by atoms with E-state index in [-0.39, 0.29) is 5.76 Å². The van der Waals surface area contributed by atoms with Gasteiger partial charge in [-0.15, -0.1) is 5.06 Å². The lowest BCUT2D eigenvalue weighted by Gasteiger charge is -2.26. The van der Waals surface area contributed by atoms with Gasteiger partial charge in [-0.05, 0) is 12.1 Å². The number of ether oxygens (including phenoxy) is 1. The van der Waals surface area contributed by atoms with Gasteiger partial charge in [-0.25, -0.2) is 4.79 Å². The smallest absolute Gasteiger partial charge is 0.197 e. The van der Waals surface area contributed by atoms with Crippen LogP contribution in [0.5, 0.6) is 5.75 Å². The molecule has 1 aromatic rings. The predicted octanol–water partition coefficient (Wildman–Crippen LogP) is 1.03. The molecule has 0 unspecified atom stereocenters. The maximum atomic E-state index is 10.4. The van der Waals surface area contributed by atoms with Gasteiger partial charge in [0, 0.05) is 0 Å². The van der Waals surface area contributed by atoms with Gasteiger partial charge in [-0.2, -0.15) is 0 Å². The fraction of sp³-hybridized carbons (Fsp3) is 0.273. The van der Waals surface area contributed by atoms with Gasteiger partial charge in [0.15, 0.2) is 11.7 Å². The van der Waals surface area contributed by atoms with Crippen molar-refractivity contribution >= 4 is 5.94 Å². The Labute approximate surface area is 87.7 Å². The van der Waals surface area contributed by atoms with E-state index in [2.05, 4.69) is 0 Å². The summed E-state index contributed by atoms with van der Waals surface area (Å²) in [6, 6.07) is 9.43. The second kappa shape index (κ2) is 4.64. The number of hydrogen-bond acceptors (Lipinski definition) is 4. The van der Waals surface area contributed by atoms with Crippen LogP contribution in [0.25, 0.3) is 0 Å². The molecule has 1 aliphatic rings. The Bertz CT molecular complexity index is 371. The third-order valence-corrected chi connectivity index (χ3v) is 2.03. The lowest BCUT2D eigenvalue weighted by molar-refractivity contribution is -0.0941. The molecule has 1 saturated heterocycles. The normalized spacial score (nSPS) is 16.7. The van der Waals surface area contributed by atoms with Crippen LogP contribution in [0.4, 0.5) is 0 Å². The SMILES string of the molecule is O=C=C1CN(Oc2ccccc2)CCO1. The molecule has 0 N–H and O–H groups in total. The molecule has 78 valence electrons. The van der Waals surface area contributed by atoms with Crippen LogP contribution >= 0.6 is 0 Å². The molecule has 4 heteroatoms. The number of morpholine rings is 1. The van der Waals surface area contributed by atoms with Crippen molar-refractivity contribution < 1.29 is 14.4 Å². The zero-order chi connectivity index (χ0) is 10.5. The van der Waals surface area contributed by atoms with Crippen molar-refractivity contribution in [2.45, 2.75) is 0 Å². The average Bonchev–Trinajstić information content (AvgIpc) is 2.31. The topological polar surface area (TPSA) is 38.8 Å². The Kier molecular flexibility index (Phi) is 3.02. The Balaban J connectivity index is 1.98. The van der Waals surface area contributed by atoms with Crippen molar-refractivity contribution in [2.24, 2.45) is 0 Å². The fourth-order valence-electron chi connectivity index (χ4n) is 1.33. The molecule has 2 rings (SSSR count). The molecule has 4 nitrogen and oxygen atoms in total. The van der Waals surface area contributed by atoms with E-state index in [0.29, 0.717) is 19.7 Å². The van der Waals surface area contributed by atoms with Crippen molar-refractivity contribution in [3.8, 4) is 5.75 Å². The summed E-state index contributed by atoms with van der Waals surface area (Å²) in [5.74, 6) is 2.79. The Morgan fingerprint density at radius 2 is 2.13 bits per heavy atom. The molecule has 15 heavy (non-hydrogen) atoms. The number of rotatable bonds is 2. The quantitative estimate of drug-likeness (QED) is 0.676. The molecule has 0 spiro atoms. The number of hydroxylamine groups is 2. The minimum Gasteiger partial charge on any atom is -0.484 e. The molecule has 0 atom stereocenters. The van der Waals surface area contributed by atoms with Crippen molar-refractivity contribution in [3.63, 3.8) is 0 Å². The summed E-state index contributed by atoms with van der Waals surface area (Å²) in [6.45, 7) is 1.44. The van der Waals surface area contributed by atoms with Crippen molar-refractivity contribution in [1.82, 2.24) is 5.06 Å². The number of carbonyl (C=O) groups excluding carboxylic acids is 1. The van der Waals surface area contributed by atoms with Crippen LogP contribution in [-0.4, -0.2) is 30.7 Å².